The fraction of sp³-hybridized carbons (Fsp3) is 0.333. The Balaban J connectivity index is 0.00000225. The molecule has 0 bridgehead atoms. The van der Waals surface area contributed by atoms with E-state index in [0.29, 0.717) is 30.3 Å². The van der Waals surface area contributed by atoms with E-state index in [4.69, 9.17) is 25.8 Å². The minimum atomic E-state index is -0.408. The Labute approximate surface area is 157 Å². The number of hydrogen-bond acceptors (Lipinski definition) is 4. The lowest BCUT2D eigenvalue weighted by atomic mass is 10.1. The van der Waals surface area contributed by atoms with Crippen LogP contribution in [0.15, 0.2) is 36.4 Å². The first-order valence-corrected chi connectivity index (χ1v) is 8.16. The summed E-state index contributed by atoms with van der Waals surface area (Å²) in [6, 6.07) is 9.73. The fourth-order valence-electron chi connectivity index (χ4n) is 2.66. The van der Waals surface area contributed by atoms with Crippen LogP contribution in [0.5, 0.6) is 17.2 Å². The van der Waals surface area contributed by atoms with Crippen molar-refractivity contribution in [2.24, 2.45) is 0 Å². The number of nitrogens with one attached hydrogen (secondary N) is 1. The minimum Gasteiger partial charge on any atom is -0.493 e. The molecule has 136 valence electrons. The molecule has 0 saturated carbocycles. The molecule has 1 aliphatic rings. The van der Waals surface area contributed by atoms with Crippen molar-refractivity contribution in [3.8, 4) is 17.2 Å². The summed E-state index contributed by atoms with van der Waals surface area (Å²) in [5.41, 5.74) is 0.948. The Bertz CT molecular complexity index is 709. The maximum atomic E-state index is 13.2. The summed E-state index contributed by atoms with van der Waals surface area (Å²) in [5.74, 6) is 1.14. The third-order valence-electron chi connectivity index (χ3n) is 3.84. The smallest absolute Gasteiger partial charge is 0.172 e. The van der Waals surface area contributed by atoms with Crippen LogP contribution >= 0.6 is 24.0 Å². The van der Waals surface area contributed by atoms with E-state index >= 15 is 0 Å². The molecule has 3 rings (SSSR count). The van der Waals surface area contributed by atoms with Crippen LogP contribution in [0.25, 0.3) is 0 Å². The lowest BCUT2D eigenvalue weighted by molar-refractivity contribution is 0.0289. The number of hydrogen-bond donors (Lipinski definition) is 1. The number of para-hydroxylation sites is 1. The molecule has 1 heterocycles. The van der Waals surface area contributed by atoms with Gasteiger partial charge in [-0.25, -0.2) is 4.39 Å². The molecule has 2 aromatic carbocycles. The summed E-state index contributed by atoms with van der Waals surface area (Å²) in [6.07, 6.45) is 0.745. The first-order valence-electron chi connectivity index (χ1n) is 7.78. The monoisotopic (exact) mass is 387 g/mol. The standard InChI is InChI=1S/C18H19ClFNO3.ClH/c1-22-17-4-2-3-12(9-14-11-21-7-8-23-14)18(17)24-16-6-5-13(20)10-15(16)19;/h2-6,10,14,21H,7-9,11H2,1H3;1H/t14-;/m0./s1. The number of ether oxygens (including phenoxy) is 3. The molecule has 2 aromatic rings. The molecule has 1 N–H and O–H groups in total. The van der Waals surface area contributed by atoms with Crippen LogP contribution < -0.4 is 14.8 Å². The maximum absolute atomic E-state index is 13.2. The van der Waals surface area contributed by atoms with Crippen LogP contribution in [-0.2, 0) is 11.2 Å². The van der Waals surface area contributed by atoms with Gasteiger partial charge in [0.2, 0.25) is 0 Å². The summed E-state index contributed by atoms with van der Waals surface area (Å²) in [7, 11) is 1.58. The molecule has 0 spiro atoms. The van der Waals surface area contributed by atoms with Crippen LogP contribution in [0.2, 0.25) is 5.02 Å². The third-order valence-corrected chi connectivity index (χ3v) is 4.13. The van der Waals surface area contributed by atoms with Gasteiger partial charge in [0.15, 0.2) is 11.5 Å². The minimum absolute atomic E-state index is 0. The largest absolute Gasteiger partial charge is 0.493 e. The SMILES string of the molecule is COc1cccc(C[C@H]2CNCCO2)c1Oc1ccc(F)cc1Cl.Cl. The molecule has 0 aromatic heterocycles. The van der Waals surface area contributed by atoms with Crippen molar-refractivity contribution in [2.75, 3.05) is 26.8 Å². The zero-order valence-corrected chi connectivity index (χ0v) is 15.3. The third kappa shape index (κ3) is 4.98. The van der Waals surface area contributed by atoms with Crippen LogP contribution in [0.4, 0.5) is 4.39 Å². The van der Waals surface area contributed by atoms with Gasteiger partial charge in [0, 0.05) is 25.1 Å². The molecule has 7 heteroatoms. The van der Waals surface area contributed by atoms with Crippen LogP contribution in [-0.4, -0.2) is 32.9 Å². The van der Waals surface area contributed by atoms with Gasteiger partial charge in [-0.2, -0.15) is 0 Å². The topological polar surface area (TPSA) is 39.7 Å². The van der Waals surface area contributed by atoms with Gasteiger partial charge < -0.3 is 19.5 Å². The van der Waals surface area contributed by atoms with Gasteiger partial charge in [-0.3, -0.25) is 0 Å². The Kier molecular flexibility index (Phi) is 7.32. The highest BCUT2D eigenvalue weighted by Gasteiger charge is 2.19. The Morgan fingerprint density at radius 3 is 2.80 bits per heavy atom. The van der Waals surface area contributed by atoms with Crippen molar-refractivity contribution in [3.05, 3.63) is 52.8 Å². The predicted molar refractivity (Wildman–Crippen MR) is 98.0 cm³/mol. The van der Waals surface area contributed by atoms with E-state index in [1.807, 2.05) is 18.2 Å². The molecular formula is C18H20Cl2FNO3. The highest BCUT2D eigenvalue weighted by molar-refractivity contribution is 6.32. The Morgan fingerprint density at radius 2 is 2.12 bits per heavy atom. The van der Waals surface area contributed by atoms with E-state index in [1.165, 1.54) is 18.2 Å². The van der Waals surface area contributed by atoms with Gasteiger partial charge in [0.05, 0.1) is 24.8 Å². The van der Waals surface area contributed by atoms with Gasteiger partial charge in [-0.05, 0) is 24.3 Å². The van der Waals surface area contributed by atoms with Crippen molar-refractivity contribution in [3.63, 3.8) is 0 Å². The molecule has 4 nitrogen and oxygen atoms in total. The molecule has 0 aliphatic carbocycles. The van der Waals surface area contributed by atoms with E-state index in [-0.39, 0.29) is 23.5 Å². The molecule has 0 radical (unpaired) electrons. The van der Waals surface area contributed by atoms with Crippen molar-refractivity contribution in [1.82, 2.24) is 5.32 Å². The lowest BCUT2D eigenvalue weighted by Crippen LogP contribution is -2.39. The fourth-order valence-corrected chi connectivity index (χ4v) is 2.87. The zero-order valence-electron chi connectivity index (χ0n) is 13.8. The lowest BCUT2D eigenvalue weighted by Gasteiger charge is -2.25. The average molecular weight is 388 g/mol. The average Bonchev–Trinajstić information content (AvgIpc) is 2.59. The van der Waals surface area contributed by atoms with Gasteiger partial charge in [0.1, 0.15) is 11.6 Å². The molecule has 1 fully saturated rings. The van der Waals surface area contributed by atoms with E-state index in [0.717, 1.165) is 18.7 Å². The van der Waals surface area contributed by atoms with Crippen LogP contribution in [0, 0.1) is 5.82 Å². The number of benzene rings is 2. The van der Waals surface area contributed by atoms with Gasteiger partial charge >= 0.3 is 0 Å². The zero-order chi connectivity index (χ0) is 16.9. The second-order valence-electron chi connectivity index (χ2n) is 5.53. The summed E-state index contributed by atoms with van der Waals surface area (Å²) in [5, 5.41) is 3.52. The highest BCUT2D eigenvalue weighted by atomic mass is 35.5. The second kappa shape index (κ2) is 9.25. The Hall–Kier alpha value is -1.53. The molecule has 0 amide bonds. The summed E-state index contributed by atoms with van der Waals surface area (Å²) < 4.78 is 30.4. The number of rotatable bonds is 5. The highest BCUT2D eigenvalue weighted by Crippen LogP contribution is 2.38. The second-order valence-corrected chi connectivity index (χ2v) is 5.93. The van der Waals surface area contributed by atoms with Crippen molar-refractivity contribution in [2.45, 2.75) is 12.5 Å². The predicted octanol–water partition coefficient (Wildman–Crippen LogP) is 4.23. The summed E-state index contributed by atoms with van der Waals surface area (Å²) in [4.78, 5) is 0. The van der Waals surface area contributed by atoms with Crippen molar-refractivity contribution < 1.29 is 18.6 Å². The first-order chi connectivity index (χ1) is 11.7. The van der Waals surface area contributed by atoms with E-state index in [2.05, 4.69) is 5.32 Å². The normalized spacial score (nSPS) is 16.8. The summed E-state index contributed by atoms with van der Waals surface area (Å²) >= 11 is 6.08. The Morgan fingerprint density at radius 1 is 1.28 bits per heavy atom. The van der Waals surface area contributed by atoms with Crippen LogP contribution in [0.3, 0.4) is 0 Å². The summed E-state index contributed by atoms with van der Waals surface area (Å²) in [6.45, 7) is 2.34. The molecule has 25 heavy (non-hydrogen) atoms. The number of morpholine rings is 1. The molecule has 1 atom stereocenters. The van der Waals surface area contributed by atoms with E-state index in [9.17, 15) is 4.39 Å². The first kappa shape index (κ1) is 19.8. The maximum Gasteiger partial charge on any atom is 0.172 e. The van der Waals surface area contributed by atoms with Gasteiger partial charge in [-0.1, -0.05) is 23.7 Å². The molecule has 1 saturated heterocycles. The molecule has 1 aliphatic heterocycles. The molecular weight excluding hydrogens is 368 g/mol. The van der Waals surface area contributed by atoms with Crippen molar-refractivity contribution in [1.29, 1.82) is 0 Å². The quantitative estimate of drug-likeness (QED) is 0.832. The number of methoxy groups -OCH3 is 1. The van der Waals surface area contributed by atoms with E-state index in [1.54, 1.807) is 7.11 Å². The van der Waals surface area contributed by atoms with E-state index < -0.39 is 5.82 Å². The van der Waals surface area contributed by atoms with Gasteiger partial charge in [-0.15, -0.1) is 12.4 Å². The van der Waals surface area contributed by atoms with Crippen molar-refractivity contribution >= 4 is 24.0 Å². The molecule has 0 unspecified atom stereocenters. The van der Waals surface area contributed by atoms with Crippen LogP contribution in [0.1, 0.15) is 5.56 Å². The number of halogens is 3. The van der Waals surface area contributed by atoms with Gasteiger partial charge in [0.25, 0.3) is 0 Å².